The molecule has 0 aliphatic rings. The molecule has 0 rings (SSSR count). The average Bonchev–Trinajstić information content (AvgIpc) is 3.14. The molecular weight excluding hydrogens is 631 g/mol. The molecule has 0 aliphatic heterocycles. The van der Waals surface area contributed by atoms with E-state index in [9.17, 15) is 9.59 Å². The Bertz CT molecular complexity index is 604. The third-order valence-corrected chi connectivity index (χ3v) is 10.4. The number of carbonyl (C=O) groups is 2. The number of carbonyl (C=O) groups excluding carboxylic acids is 2. The fourth-order valence-corrected chi connectivity index (χ4v) is 7.08. The predicted octanol–water partition coefficient (Wildman–Crippen LogP) is 14.5. The molecule has 0 amide bonds. The molecule has 1 N–H and O–H groups in total. The molecule has 0 unspecified atom stereocenters. The molecule has 0 saturated carbocycles. The number of nitrogens with one attached hydrogen (secondary N) is 1. The molecule has 306 valence electrons. The van der Waals surface area contributed by atoms with Gasteiger partial charge in [-0.05, 0) is 76.3 Å². The second kappa shape index (κ2) is 45.1. The van der Waals surface area contributed by atoms with Gasteiger partial charge in [-0.25, -0.2) is 0 Å². The summed E-state index contributed by atoms with van der Waals surface area (Å²) in [5.41, 5.74) is 0. The van der Waals surface area contributed by atoms with Gasteiger partial charge in [0.25, 0.3) is 0 Å². The predicted molar refractivity (Wildman–Crippen MR) is 224 cm³/mol. The van der Waals surface area contributed by atoms with Crippen LogP contribution in [0, 0.1) is 11.8 Å². The Hall–Kier alpha value is -1.10. The highest BCUT2D eigenvalue weighted by molar-refractivity contribution is 5.69. The number of rotatable bonds is 40. The number of hydrogen-bond acceptors (Lipinski definition) is 5. The lowest BCUT2D eigenvalue weighted by molar-refractivity contribution is -0.144. The minimum Gasteiger partial charge on any atom is -0.466 e. The summed E-state index contributed by atoms with van der Waals surface area (Å²) in [5, 5.41) is 3.52. The van der Waals surface area contributed by atoms with Crippen molar-refractivity contribution in [1.29, 1.82) is 0 Å². The van der Waals surface area contributed by atoms with E-state index in [0.29, 0.717) is 26.1 Å². The molecular formula is C46H93NO4. The zero-order chi connectivity index (χ0) is 37.9. The molecule has 0 aromatic heterocycles. The topological polar surface area (TPSA) is 64.6 Å². The molecule has 0 aromatic rings. The molecule has 0 atom stereocenters. The summed E-state index contributed by atoms with van der Waals surface area (Å²) in [4.78, 5) is 24.4. The summed E-state index contributed by atoms with van der Waals surface area (Å²) in [6, 6.07) is 0. The molecule has 0 aromatic carbocycles. The van der Waals surface area contributed by atoms with Crippen LogP contribution in [0.15, 0.2) is 0 Å². The average molecular weight is 724 g/mol. The molecule has 0 saturated heterocycles. The maximum Gasteiger partial charge on any atom is 0.305 e. The van der Waals surface area contributed by atoms with Gasteiger partial charge in [0.15, 0.2) is 0 Å². The standard InChI is InChI=1S/C44H87NO4.C2H6/c1-5-9-13-19-29-41(30-20-14-10-6-2)33-27-39-48-43(46)35-23-17-25-37-45-38-26-18-24-36-44(47)49-40-28-34-42(31-21-15-11-7-3)32-22-16-12-8-4;1-2/h41-42,45H,5-40H2,1-4H3;1-2H3. The van der Waals surface area contributed by atoms with E-state index >= 15 is 0 Å². The van der Waals surface area contributed by atoms with Crippen LogP contribution >= 0.6 is 0 Å². The molecule has 0 fully saturated rings. The largest absolute Gasteiger partial charge is 0.466 e. The highest BCUT2D eigenvalue weighted by Crippen LogP contribution is 2.24. The third-order valence-electron chi connectivity index (χ3n) is 10.4. The van der Waals surface area contributed by atoms with Crippen LogP contribution in [0.4, 0.5) is 0 Å². The van der Waals surface area contributed by atoms with E-state index in [0.717, 1.165) is 76.3 Å². The van der Waals surface area contributed by atoms with E-state index in [4.69, 9.17) is 9.47 Å². The van der Waals surface area contributed by atoms with Crippen molar-refractivity contribution in [2.24, 2.45) is 11.8 Å². The van der Waals surface area contributed by atoms with Crippen molar-refractivity contribution in [3.63, 3.8) is 0 Å². The van der Waals surface area contributed by atoms with Crippen LogP contribution in [0.1, 0.15) is 247 Å². The van der Waals surface area contributed by atoms with Gasteiger partial charge in [0.05, 0.1) is 13.2 Å². The van der Waals surface area contributed by atoms with Crippen molar-refractivity contribution < 1.29 is 19.1 Å². The Morgan fingerprint density at radius 2 is 0.686 bits per heavy atom. The van der Waals surface area contributed by atoms with Crippen LogP contribution in [0.25, 0.3) is 0 Å². The summed E-state index contributed by atoms with van der Waals surface area (Å²) in [7, 11) is 0. The SMILES string of the molecule is CC.CCCCCCC(CCCCCC)CCCOC(=O)CCCCCNCCCCCC(=O)OCCCC(CCCCCC)CCCCCC. The Morgan fingerprint density at radius 3 is 1.00 bits per heavy atom. The van der Waals surface area contributed by atoms with E-state index < -0.39 is 0 Å². The first kappa shape index (κ1) is 52.0. The maximum atomic E-state index is 12.2. The second-order valence-electron chi connectivity index (χ2n) is 15.2. The van der Waals surface area contributed by atoms with Crippen LogP contribution in [0.3, 0.4) is 0 Å². The Balaban J connectivity index is 0. The lowest BCUT2D eigenvalue weighted by Gasteiger charge is -2.17. The minimum atomic E-state index is -0.0197. The van der Waals surface area contributed by atoms with E-state index in [-0.39, 0.29) is 11.9 Å². The first-order valence-electron chi connectivity index (χ1n) is 23.1. The van der Waals surface area contributed by atoms with Gasteiger partial charge in [0.2, 0.25) is 0 Å². The second-order valence-corrected chi connectivity index (χ2v) is 15.2. The highest BCUT2D eigenvalue weighted by Gasteiger charge is 2.11. The van der Waals surface area contributed by atoms with Crippen LogP contribution in [0.5, 0.6) is 0 Å². The van der Waals surface area contributed by atoms with Crippen molar-refractivity contribution in [3.05, 3.63) is 0 Å². The third kappa shape index (κ3) is 41.5. The molecule has 0 spiro atoms. The van der Waals surface area contributed by atoms with Gasteiger partial charge in [-0.3, -0.25) is 9.59 Å². The van der Waals surface area contributed by atoms with Crippen LogP contribution < -0.4 is 5.32 Å². The molecule has 0 heterocycles. The van der Waals surface area contributed by atoms with Gasteiger partial charge >= 0.3 is 11.9 Å². The van der Waals surface area contributed by atoms with Gasteiger partial charge in [0.1, 0.15) is 0 Å². The fraction of sp³-hybridized carbons (Fsp3) is 0.957. The number of hydrogen-bond donors (Lipinski definition) is 1. The molecule has 5 heteroatoms. The van der Waals surface area contributed by atoms with Crippen molar-refractivity contribution >= 4 is 11.9 Å². The summed E-state index contributed by atoms with van der Waals surface area (Å²) in [6.45, 7) is 16.3. The Labute approximate surface area is 320 Å². The normalized spacial score (nSPS) is 11.2. The van der Waals surface area contributed by atoms with Gasteiger partial charge in [0, 0.05) is 12.8 Å². The molecule has 0 aliphatic carbocycles. The zero-order valence-corrected chi connectivity index (χ0v) is 35.7. The Kier molecular flexibility index (Phi) is 45.9. The fourth-order valence-electron chi connectivity index (χ4n) is 7.08. The maximum absolute atomic E-state index is 12.2. The molecule has 0 bridgehead atoms. The highest BCUT2D eigenvalue weighted by atomic mass is 16.5. The van der Waals surface area contributed by atoms with Gasteiger partial charge in [-0.2, -0.15) is 0 Å². The molecule has 0 radical (unpaired) electrons. The van der Waals surface area contributed by atoms with Crippen molar-refractivity contribution in [3.8, 4) is 0 Å². The quantitative estimate of drug-likeness (QED) is 0.0504. The first-order valence-corrected chi connectivity index (χ1v) is 23.1. The van der Waals surface area contributed by atoms with Gasteiger partial charge < -0.3 is 14.8 Å². The van der Waals surface area contributed by atoms with Crippen molar-refractivity contribution in [2.45, 2.75) is 247 Å². The van der Waals surface area contributed by atoms with E-state index in [1.165, 1.54) is 141 Å². The Morgan fingerprint density at radius 1 is 0.392 bits per heavy atom. The number of ether oxygens (including phenoxy) is 2. The minimum absolute atomic E-state index is 0.0197. The monoisotopic (exact) mass is 724 g/mol. The number of esters is 2. The smallest absolute Gasteiger partial charge is 0.305 e. The van der Waals surface area contributed by atoms with E-state index in [1.807, 2.05) is 13.8 Å². The number of unbranched alkanes of at least 4 members (excludes halogenated alkanes) is 16. The lowest BCUT2D eigenvalue weighted by atomic mass is 9.91. The van der Waals surface area contributed by atoms with Crippen LogP contribution in [-0.4, -0.2) is 38.2 Å². The zero-order valence-electron chi connectivity index (χ0n) is 35.7. The summed E-state index contributed by atoms with van der Waals surface area (Å²) >= 11 is 0. The van der Waals surface area contributed by atoms with Gasteiger partial charge in [-0.15, -0.1) is 0 Å². The van der Waals surface area contributed by atoms with Crippen molar-refractivity contribution in [1.82, 2.24) is 5.32 Å². The summed E-state index contributed by atoms with van der Waals surface area (Å²) in [6.07, 6.45) is 38.6. The summed E-state index contributed by atoms with van der Waals surface area (Å²) in [5.74, 6) is 1.58. The molecule has 5 nitrogen and oxygen atoms in total. The van der Waals surface area contributed by atoms with E-state index in [2.05, 4.69) is 33.0 Å². The first-order chi connectivity index (χ1) is 25.1. The van der Waals surface area contributed by atoms with Gasteiger partial charge in [-0.1, -0.05) is 183 Å². The van der Waals surface area contributed by atoms with Crippen LogP contribution in [-0.2, 0) is 19.1 Å². The lowest BCUT2D eigenvalue weighted by Crippen LogP contribution is -2.17. The molecule has 51 heavy (non-hydrogen) atoms. The summed E-state index contributed by atoms with van der Waals surface area (Å²) < 4.78 is 11.1. The van der Waals surface area contributed by atoms with E-state index in [1.54, 1.807) is 0 Å². The van der Waals surface area contributed by atoms with Crippen molar-refractivity contribution in [2.75, 3.05) is 26.3 Å². The van der Waals surface area contributed by atoms with Crippen LogP contribution in [0.2, 0.25) is 0 Å².